The van der Waals surface area contributed by atoms with Crippen molar-refractivity contribution in [3.05, 3.63) is 64.1 Å². The maximum atomic E-state index is 14.3. The van der Waals surface area contributed by atoms with Crippen LogP contribution in [0.1, 0.15) is 42.6 Å². The van der Waals surface area contributed by atoms with Crippen LogP contribution in [0.25, 0.3) is 10.9 Å². The first-order chi connectivity index (χ1) is 16.8. The fourth-order valence-electron chi connectivity index (χ4n) is 5.57. The van der Waals surface area contributed by atoms with Crippen molar-refractivity contribution < 1.29 is 19.1 Å². The van der Waals surface area contributed by atoms with Crippen LogP contribution in [0.5, 0.6) is 5.75 Å². The molecule has 7 nitrogen and oxygen atoms in total. The maximum absolute atomic E-state index is 14.3. The maximum Gasteiger partial charge on any atom is 0.328 e. The smallest absolute Gasteiger partial charge is 0.328 e. The number of hydrogen-bond donors (Lipinski definition) is 3. The molecule has 35 heavy (non-hydrogen) atoms. The topological polar surface area (TPSA) is 88.7 Å². The molecule has 2 aliphatic heterocycles. The minimum Gasteiger partial charge on any atom is -0.508 e. The van der Waals surface area contributed by atoms with Crippen LogP contribution in [0.2, 0.25) is 5.02 Å². The van der Waals surface area contributed by atoms with E-state index in [4.69, 9.17) is 11.6 Å². The zero-order valence-electron chi connectivity index (χ0n) is 19.3. The molecule has 2 aromatic carbocycles. The zero-order chi connectivity index (χ0) is 24.5. The molecule has 0 unspecified atom stereocenters. The van der Waals surface area contributed by atoms with E-state index < -0.39 is 17.4 Å². The summed E-state index contributed by atoms with van der Waals surface area (Å²) in [5.41, 5.74) is 1.59. The number of aromatic nitrogens is 1. The Morgan fingerprint density at radius 1 is 1.26 bits per heavy atom. The van der Waals surface area contributed by atoms with Crippen LogP contribution in [0.3, 0.4) is 0 Å². The average Bonchev–Trinajstić information content (AvgIpc) is 3.56. The molecule has 9 heteroatoms. The van der Waals surface area contributed by atoms with Crippen LogP contribution in [0.4, 0.5) is 9.18 Å². The van der Waals surface area contributed by atoms with Gasteiger partial charge in [-0.2, -0.15) is 0 Å². The molecule has 3 N–H and O–H groups in total. The van der Waals surface area contributed by atoms with Gasteiger partial charge in [0.25, 0.3) is 5.91 Å². The molecule has 1 saturated heterocycles. The Morgan fingerprint density at radius 2 is 2.06 bits per heavy atom. The zero-order valence-corrected chi connectivity index (χ0v) is 20.0. The number of rotatable bonds is 6. The number of urea groups is 1. The molecule has 2 fully saturated rings. The number of aromatic hydroxyl groups is 1. The van der Waals surface area contributed by atoms with Gasteiger partial charge in [-0.15, -0.1) is 0 Å². The Balaban J connectivity index is 1.45. The molecule has 182 valence electrons. The molecular formula is C26H26ClFN4O3. The molecule has 0 spiro atoms. The first kappa shape index (κ1) is 22.4. The third-order valence-corrected chi connectivity index (χ3v) is 7.82. The summed E-state index contributed by atoms with van der Waals surface area (Å²) in [6.45, 7) is 3.51. The first-order valence-electron chi connectivity index (χ1n) is 11.9. The van der Waals surface area contributed by atoms with Crippen molar-refractivity contribution in [3.8, 4) is 5.75 Å². The minimum absolute atomic E-state index is 0.00187. The number of hydrogen-bond acceptors (Lipinski definition) is 4. The lowest BCUT2D eigenvalue weighted by molar-refractivity contribution is -0.133. The fourth-order valence-corrected chi connectivity index (χ4v) is 5.73. The Hall–Kier alpha value is -3.10. The number of aromatic amines is 1. The van der Waals surface area contributed by atoms with Crippen LogP contribution in [-0.4, -0.2) is 57.0 Å². The monoisotopic (exact) mass is 496 g/mol. The van der Waals surface area contributed by atoms with E-state index in [9.17, 15) is 19.1 Å². The van der Waals surface area contributed by atoms with Crippen LogP contribution in [0.15, 0.2) is 36.4 Å². The number of H-pyrrole nitrogens is 1. The highest BCUT2D eigenvalue weighted by atomic mass is 35.5. The van der Waals surface area contributed by atoms with Crippen LogP contribution < -0.4 is 5.32 Å². The largest absolute Gasteiger partial charge is 0.508 e. The van der Waals surface area contributed by atoms with E-state index in [2.05, 4.69) is 10.3 Å². The van der Waals surface area contributed by atoms with E-state index in [1.165, 1.54) is 23.8 Å². The number of carbonyl (C=O) groups excluding carboxylic acids is 2. The molecule has 2 atom stereocenters. The van der Waals surface area contributed by atoms with Crippen LogP contribution in [-0.2, 0) is 11.2 Å². The molecule has 3 aliphatic rings. The Bertz CT molecular complexity index is 1370. The SMILES string of the molecule is C[C@@]12Cc3c([nH]c4cc(F)c(Cl)cc34)[C@@H](c3cccc(O)c3)N1C(=O)N(CCNCC1CC1)C2=O. The van der Waals surface area contributed by atoms with Crippen molar-refractivity contribution in [1.29, 1.82) is 0 Å². The number of carbonyl (C=O) groups is 2. The van der Waals surface area contributed by atoms with Crippen molar-refractivity contribution >= 4 is 34.4 Å². The summed E-state index contributed by atoms with van der Waals surface area (Å²) < 4.78 is 14.3. The standard InChI is InChI=1S/C26H26ClFN4O3/c1-26-12-18-17-10-19(27)20(28)11-21(17)30-22(18)23(15-3-2-4-16(33)9-15)32(26)25(35)31(24(26)34)8-7-29-13-14-5-6-14/h2-4,9-11,14,23,29-30,33H,5-8,12-13H2,1H3/t23-,26+/m1/s1. The molecule has 3 heterocycles. The average molecular weight is 497 g/mol. The summed E-state index contributed by atoms with van der Waals surface area (Å²) in [7, 11) is 0. The Labute approximate surface area is 206 Å². The normalized spacial score (nSPS) is 23.8. The van der Waals surface area contributed by atoms with E-state index in [0.717, 1.165) is 17.5 Å². The molecule has 3 amide bonds. The van der Waals surface area contributed by atoms with E-state index in [-0.39, 0.29) is 35.7 Å². The Kier molecular flexibility index (Phi) is 5.09. The summed E-state index contributed by atoms with van der Waals surface area (Å²) in [4.78, 5) is 33.7. The van der Waals surface area contributed by atoms with Crippen molar-refractivity contribution in [2.24, 2.45) is 5.92 Å². The van der Waals surface area contributed by atoms with Crippen molar-refractivity contribution in [1.82, 2.24) is 20.1 Å². The second-order valence-electron chi connectivity index (χ2n) is 10.0. The van der Waals surface area contributed by atoms with Gasteiger partial charge in [0.2, 0.25) is 0 Å². The highest BCUT2D eigenvalue weighted by molar-refractivity contribution is 6.31. The second kappa shape index (κ2) is 7.96. The Morgan fingerprint density at radius 3 is 2.80 bits per heavy atom. The summed E-state index contributed by atoms with van der Waals surface area (Å²) in [5, 5.41) is 14.3. The van der Waals surface area contributed by atoms with Gasteiger partial charge in [-0.3, -0.25) is 14.6 Å². The minimum atomic E-state index is -1.13. The molecule has 3 aromatic rings. The number of imide groups is 1. The van der Waals surface area contributed by atoms with Crippen molar-refractivity contribution in [2.75, 3.05) is 19.6 Å². The number of benzene rings is 2. The number of amides is 3. The van der Waals surface area contributed by atoms with E-state index >= 15 is 0 Å². The summed E-state index contributed by atoms with van der Waals surface area (Å²) in [5.74, 6) is -0.0425. The van der Waals surface area contributed by atoms with Gasteiger partial charge in [-0.05, 0) is 67.6 Å². The van der Waals surface area contributed by atoms with E-state index in [1.807, 2.05) is 6.07 Å². The van der Waals surface area contributed by atoms with E-state index in [0.29, 0.717) is 29.2 Å². The fraction of sp³-hybridized carbons (Fsp3) is 0.385. The highest BCUT2D eigenvalue weighted by Gasteiger charge is 2.60. The molecule has 0 radical (unpaired) electrons. The molecule has 0 bridgehead atoms. The molecule has 1 saturated carbocycles. The van der Waals surface area contributed by atoms with Gasteiger partial charge in [-0.25, -0.2) is 9.18 Å². The molecule has 6 rings (SSSR count). The van der Waals surface area contributed by atoms with Crippen LogP contribution in [0, 0.1) is 11.7 Å². The van der Waals surface area contributed by atoms with Gasteiger partial charge < -0.3 is 15.4 Å². The van der Waals surface area contributed by atoms with Gasteiger partial charge in [0.15, 0.2) is 0 Å². The number of phenols is 1. The molecular weight excluding hydrogens is 471 g/mol. The quantitative estimate of drug-likeness (QED) is 0.350. The second-order valence-corrected chi connectivity index (χ2v) is 10.4. The highest BCUT2D eigenvalue weighted by Crippen LogP contribution is 2.49. The van der Waals surface area contributed by atoms with E-state index in [1.54, 1.807) is 36.1 Å². The molecule has 1 aliphatic carbocycles. The van der Waals surface area contributed by atoms with Gasteiger partial charge in [-0.1, -0.05) is 23.7 Å². The van der Waals surface area contributed by atoms with Crippen molar-refractivity contribution in [2.45, 2.75) is 37.8 Å². The van der Waals surface area contributed by atoms with Crippen LogP contribution >= 0.6 is 11.6 Å². The number of phenolic OH excluding ortho intramolecular Hbond substituents is 1. The summed E-state index contributed by atoms with van der Waals surface area (Å²) in [6, 6.07) is 8.55. The summed E-state index contributed by atoms with van der Waals surface area (Å²) in [6.07, 6.45) is 2.73. The predicted molar refractivity (Wildman–Crippen MR) is 130 cm³/mol. The summed E-state index contributed by atoms with van der Waals surface area (Å²) >= 11 is 6.11. The number of nitrogens with one attached hydrogen (secondary N) is 2. The molecule has 1 aromatic heterocycles. The number of halogens is 2. The van der Waals surface area contributed by atoms with Gasteiger partial charge in [0, 0.05) is 36.1 Å². The lowest BCUT2D eigenvalue weighted by atomic mass is 9.81. The third-order valence-electron chi connectivity index (χ3n) is 7.54. The van der Waals surface area contributed by atoms with Gasteiger partial charge in [0.1, 0.15) is 23.1 Å². The number of nitrogens with zero attached hydrogens (tertiary/aromatic N) is 2. The number of fused-ring (bicyclic) bond motifs is 4. The lowest BCUT2D eigenvalue weighted by Crippen LogP contribution is -2.53. The van der Waals surface area contributed by atoms with Gasteiger partial charge in [0.05, 0.1) is 5.02 Å². The predicted octanol–water partition coefficient (Wildman–Crippen LogP) is 4.33. The van der Waals surface area contributed by atoms with Crippen molar-refractivity contribution in [3.63, 3.8) is 0 Å². The lowest BCUT2D eigenvalue weighted by Gasteiger charge is -2.42. The third kappa shape index (κ3) is 3.50. The first-order valence-corrected chi connectivity index (χ1v) is 12.3. The van der Waals surface area contributed by atoms with Gasteiger partial charge >= 0.3 is 6.03 Å².